The molecule has 1 nitrogen and oxygen atoms in total. The maximum Gasteiger partial charge on any atom is 0.0291 e. The number of hydrogen-bond donors (Lipinski definition) is 1. The Hall–Kier alpha value is -0.340. The molecule has 0 aliphatic heterocycles. The Bertz CT molecular complexity index is 303. The maximum atomic E-state index is 3.57. The van der Waals surface area contributed by atoms with Crippen molar-refractivity contribution >= 4 is 15.9 Å². The van der Waals surface area contributed by atoms with Gasteiger partial charge in [-0.25, -0.2) is 0 Å². The Morgan fingerprint density at radius 3 is 2.60 bits per heavy atom. The summed E-state index contributed by atoms with van der Waals surface area (Å²) >= 11 is 3.45. The highest BCUT2D eigenvalue weighted by Crippen LogP contribution is 2.31. The Balaban J connectivity index is 1.78. The Morgan fingerprint density at radius 2 is 2.00 bits per heavy atom. The van der Waals surface area contributed by atoms with E-state index >= 15 is 0 Å². The Labute approximate surface area is 100 Å². The van der Waals surface area contributed by atoms with Crippen molar-refractivity contribution in [3.8, 4) is 0 Å². The number of halogens is 1. The molecule has 0 amide bonds. The summed E-state index contributed by atoms with van der Waals surface area (Å²) in [6.07, 6.45) is 4.25. The second-order valence-corrected chi connectivity index (χ2v) is 5.38. The maximum absolute atomic E-state index is 3.57. The van der Waals surface area contributed by atoms with Gasteiger partial charge in [-0.3, -0.25) is 0 Å². The molecular weight excluding hydrogens is 250 g/mol. The molecule has 2 heteroatoms. The summed E-state index contributed by atoms with van der Waals surface area (Å²) in [5.41, 5.74) is 1.37. The van der Waals surface area contributed by atoms with E-state index in [2.05, 4.69) is 52.4 Å². The summed E-state index contributed by atoms with van der Waals surface area (Å²) in [5.74, 6) is 1.02. The number of hydrogen-bond acceptors (Lipinski definition) is 1. The summed E-state index contributed by atoms with van der Waals surface area (Å²) in [5, 5.41) is 3.57. The van der Waals surface area contributed by atoms with Gasteiger partial charge < -0.3 is 5.32 Å². The van der Waals surface area contributed by atoms with Gasteiger partial charge in [-0.05, 0) is 43.5 Å². The van der Waals surface area contributed by atoms with E-state index in [1.807, 2.05) is 0 Å². The zero-order valence-electron chi connectivity index (χ0n) is 9.17. The fraction of sp³-hybridized carbons (Fsp3) is 0.538. The highest BCUT2D eigenvalue weighted by Gasteiger charge is 2.20. The molecule has 1 aromatic carbocycles. The first kappa shape index (κ1) is 11.2. The molecule has 0 aromatic heterocycles. The smallest absolute Gasteiger partial charge is 0.0291 e. The van der Waals surface area contributed by atoms with Crippen molar-refractivity contribution in [2.45, 2.75) is 32.2 Å². The first-order valence-corrected chi connectivity index (χ1v) is 6.54. The molecule has 82 valence electrons. The lowest BCUT2D eigenvalue weighted by Crippen LogP contribution is -2.20. The van der Waals surface area contributed by atoms with Crippen LogP contribution in [-0.4, -0.2) is 6.54 Å². The van der Waals surface area contributed by atoms with E-state index < -0.39 is 0 Å². The molecule has 1 aliphatic carbocycles. The van der Waals surface area contributed by atoms with Crippen LogP contribution in [0.25, 0.3) is 0 Å². The van der Waals surface area contributed by atoms with Crippen molar-refractivity contribution in [2.75, 3.05) is 6.54 Å². The monoisotopic (exact) mass is 267 g/mol. The van der Waals surface area contributed by atoms with Crippen molar-refractivity contribution in [1.29, 1.82) is 0 Å². The van der Waals surface area contributed by atoms with Crippen LogP contribution in [0.15, 0.2) is 28.7 Å². The van der Waals surface area contributed by atoms with E-state index in [-0.39, 0.29) is 0 Å². The minimum atomic E-state index is 0.469. The summed E-state index contributed by atoms with van der Waals surface area (Å²) in [7, 11) is 0. The van der Waals surface area contributed by atoms with E-state index in [1.165, 1.54) is 24.8 Å². The fourth-order valence-corrected chi connectivity index (χ4v) is 2.04. The van der Waals surface area contributed by atoms with Gasteiger partial charge in [0.15, 0.2) is 0 Å². The van der Waals surface area contributed by atoms with E-state index in [4.69, 9.17) is 0 Å². The van der Waals surface area contributed by atoms with Crippen molar-refractivity contribution in [2.24, 2.45) is 5.92 Å². The van der Waals surface area contributed by atoms with Gasteiger partial charge >= 0.3 is 0 Å². The van der Waals surface area contributed by atoms with Crippen molar-refractivity contribution < 1.29 is 0 Å². The average molecular weight is 268 g/mol. The van der Waals surface area contributed by atoms with Crippen LogP contribution in [0.3, 0.4) is 0 Å². The van der Waals surface area contributed by atoms with E-state index in [9.17, 15) is 0 Å². The Morgan fingerprint density at radius 1 is 1.33 bits per heavy atom. The zero-order chi connectivity index (χ0) is 10.7. The number of nitrogens with one attached hydrogen (secondary N) is 1. The van der Waals surface area contributed by atoms with E-state index in [0.29, 0.717) is 6.04 Å². The topological polar surface area (TPSA) is 12.0 Å². The average Bonchev–Trinajstić information content (AvgIpc) is 3.02. The van der Waals surface area contributed by atoms with Gasteiger partial charge in [-0.15, -0.1) is 0 Å². The molecule has 1 N–H and O–H groups in total. The predicted octanol–water partition coefficient (Wildman–Crippen LogP) is 3.90. The first-order valence-electron chi connectivity index (χ1n) is 5.74. The lowest BCUT2D eigenvalue weighted by Gasteiger charge is -2.14. The third kappa shape index (κ3) is 3.62. The molecule has 1 atom stereocenters. The molecule has 0 spiro atoms. The third-order valence-electron chi connectivity index (χ3n) is 3.07. The van der Waals surface area contributed by atoms with Gasteiger partial charge in [-0.1, -0.05) is 40.9 Å². The summed E-state index contributed by atoms with van der Waals surface area (Å²) in [6.45, 7) is 3.39. The number of rotatable bonds is 5. The van der Waals surface area contributed by atoms with E-state index in [1.54, 1.807) is 0 Å². The minimum absolute atomic E-state index is 0.469. The molecule has 1 fully saturated rings. The molecule has 1 aliphatic rings. The van der Waals surface area contributed by atoms with Crippen LogP contribution >= 0.6 is 15.9 Å². The summed E-state index contributed by atoms with van der Waals surface area (Å²) in [4.78, 5) is 0. The second kappa shape index (κ2) is 5.13. The SMILES string of the molecule is C[C@H](NCCC1CC1)c1ccc(Br)cc1. The van der Waals surface area contributed by atoms with Gasteiger partial charge in [-0.2, -0.15) is 0 Å². The molecule has 0 saturated heterocycles. The highest BCUT2D eigenvalue weighted by molar-refractivity contribution is 9.10. The van der Waals surface area contributed by atoms with Crippen LogP contribution in [0.2, 0.25) is 0 Å². The fourth-order valence-electron chi connectivity index (χ4n) is 1.78. The summed E-state index contributed by atoms with van der Waals surface area (Å²) < 4.78 is 1.15. The molecule has 0 unspecified atom stereocenters. The molecule has 2 rings (SSSR count). The lowest BCUT2D eigenvalue weighted by atomic mass is 10.1. The van der Waals surface area contributed by atoms with Gasteiger partial charge in [0.25, 0.3) is 0 Å². The second-order valence-electron chi connectivity index (χ2n) is 4.46. The van der Waals surface area contributed by atoms with Gasteiger partial charge in [0.2, 0.25) is 0 Å². The third-order valence-corrected chi connectivity index (χ3v) is 3.60. The Kier molecular flexibility index (Phi) is 3.81. The first-order chi connectivity index (χ1) is 7.25. The minimum Gasteiger partial charge on any atom is -0.310 e. The van der Waals surface area contributed by atoms with Gasteiger partial charge in [0.1, 0.15) is 0 Å². The van der Waals surface area contributed by atoms with Crippen molar-refractivity contribution in [1.82, 2.24) is 5.32 Å². The van der Waals surface area contributed by atoms with Crippen LogP contribution in [-0.2, 0) is 0 Å². The summed E-state index contributed by atoms with van der Waals surface area (Å²) in [6, 6.07) is 9.04. The van der Waals surface area contributed by atoms with Crippen molar-refractivity contribution in [3.63, 3.8) is 0 Å². The lowest BCUT2D eigenvalue weighted by molar-refractivity contribution is 0.539. The van der Waals surface area contributed by atoms with Crippen molar-refractivity contribution in [3.05, 3.63) is 34.3 Å². The molecule has 1 saturated carbocycles. The van der Waals surface area contributed by atoms with Crippen LogP contribution in [0.5, 0.6) is 0 Å². The highest BCUT2D eigenvalue weighted by atomic mass is 79.9. The van der Waals surface area contributed by atoms with E-state index in [0.717, 1.165) is 16.9 Å². The molecule has 1 aromatic rings. The van der Waals surface area contributed by atoms with Crippen LogP contribution in [0, 0.1) is 5.92 Å². The van der Waals surface area contributed by atoms with Crippen LogP contribution in [0.4, 0.5) is 0 Å². The molecular formula is C13H18BrN. The van der Waals surface area contributed by atoms with Gasteiger partial charge in [0.05, 0.1) is 0 Å². The normalized spacial score (nSPS) is 17.7. The van der Waals surface area contributed by atoms with Crippen LogP contribution < -0.4 is 5.32 Å². The van der Waals surface area contributed by atoms with Gasteiger partial charge in [0, 0.05) is 10.5 Å². The quantitative estimate of drug-likeness (QED) is 0.854. The predicted molar refractivity (Wildman–Crippen MR) is 67.9 cm³/mol. The molecule has 0 radical (unpaired) electrons. The molecule has 0 heterocycles. The number of benzene rings is 1. The standard InChI is InChI=1S/C13H18BrN/c1-10(15-9-8-11-2-3-11)12-4-6-13(14)7-5-12/h4-7,10-11,15H,2-3,8-9H2,1H3/t10-/m0/s1. The van der Waals surface area contributed by atoms with Crippen LogP contribution in [0.1, 0.15) is 37.8 Å². The zero-order valence-corrected chi connectivity index (χ0v) is 10.8. The largest absolute Gasteiger partial charge is 0.310 e. The molecule has 0 bridgehead atoms. The molecule has 15 heavy (non-hydrogen) atoms.